The summed E-state index contributed by atoms with van der Waals surface area (Å²) in [7, 11) is 0. The minimum absolute atomic E-state index is 0.391. The molecule has 0 aliphatic carbocycles. The van der Waals surface area contributed by atoms with Gasteiger partial charge in [-0.3, -0.25) is 0 Å². The molecule has 2 aromatic rings. The fourth-order valence-electron chi connectivity index (χ4n) is 3.66. The summed E-state index contributed by atoms with van der Waals surface area (Å²) in [6.07, 6.45) is 0.514. The van der Waals surface area contributed by atoms with Gasteiger partial charge in [-0.05, 0) is 65.5 Å². The Kier molecular flexibility index (Phi) is 5.87. The molecule has 0 aliphatic rings. The summed E-state index contributed by atoms with van der Waals surface area (Å²) in [5.41, 5.74) is 8.92. The standard InChI is InChI=1S/C23H32O/c1-8-19-20(14(2)3)13-21(15(4)5)22(17(7)24)23(19)18-11-9-16(6)10-12-18/h9-15,17,24H,8H2,1-7H3. The predicted octanol–water partition coefficient (Wildman–Crippen LogP) is 6.52. The van der Waals surface area contributed by atoms with Gasteiger partial charge in [-0.1, -0.05) is 70.5 Å². The normalized spacial score (nSPS) is 12.9. The van der Waals surface area contributed by atoms with Crippen molar-refractivity contribution in [3.8, 4) is 11.1 Å². The van der Waals surface area contributed by atoms with Crippen LogP contribution in [0.4, 0.5) is 0 Å². The number of rotatable bonds is 5. The summed E-state index contributed by atoms with van der Waals surface area (Å²) in [4.78, 5) is 0. The first-order chi connectivity index (χ1) is 11.3. The monoisotopic (exact) mass is 324 g/mol. The van der Waals surface area contributed by atoms with Gasteiger partial charge >= 0.3 is 0 Å². The van der Waals surface area contributed by atoms with Crippen LogP contribution < -0.4 is 0 Å². The molecule has 1 N–H and O–H groups in total. The molecule has 1 heteroatoms. The number of hydrogen-bond acceptors (Lipinski definition) is 1. The maximum Gasteiger partial charge on any atom is 0.0770 e. The molecule has 2 aromatic carbocycles. The Morgan fingerprint density at radius 3 is 1.83 bits per heavy atom. The molecule has 0 saturated carbocycles. The van der Waals surface area contributed by atoms with E-state index < -0.39 is 6.10 Å². The average Bonchev–Trinajstić information content (AvgIpc) is 2.53. The Morgan fingerprint density at radius 1 is 0.875 bits per heavy atom. The van der Waals surface area contributed by atoms with Crippen LogP contribution in [0.1, 0.15) is 87.3 Å². The molecule has 130 valence electrons. The van der Waals surface area contributed by atoms with Gasteiger partial charge in [-0.15, -0.1) is 0 Å². The van der Waals surface area contributed by atoms with Crippen molar-refractivity contribution in [1.29, 1.82) is 0 Å². The third-order valence-corrected chi connectivity index (χ3v) is 4.90. The van der Waals surface area contributed by atoms with Crippen LogP contribution in [-0.2, 0) is 6.42 Å². The molecule has 1 atom stereocenters. The summed E-state index contributed by atoms with van der Waals surface area (Å²) >= 11 is 0. The summed E-state index contributed by atoms with van der Waals surface area (Å²) in [6.45, 7) is 15.2. The highest BCUT2D eigenvalue weighted by atomic mass is 16.3. The lowest BCUT2D eigenvalue weighted by Crippen LogP contribution is -2.10. The summed E-state index contributed by atoms with van der Waals surface area (Å²) in [6, 6.07) is 11.1. The minimum Gasteiger partial charge on any atom is -0.389 e. The first-order valence-corrected chi connectivity index (χ1v) is 9.22. The van der Waals surface area contributed by atoms with Gasteiger partial charge in [-0.25, -0.2) is 0 Å². The highest BCUT2D eigenvalue weighted by Crippen LogP contribution is 2.41. The van der Waals surface area contributed by atoms with Crippen LogP contribution in [0.3, 0.4) is 0 Å². The fraction of sp³-hybridized carbons (Fsp3) is 0.478. The molecule has 0 saturated heterocycles. The van der Waals surface area contributed by atoms with Crippen LogP contribution in [0.25, 0.3) is 11.1 Å². The number of hydrogen-bond donors (Lipinski definition) is 1. The lowest BCUT2D eigenvalue weighted by molar-refractivity contribution is 0.198. The largest absolute Gasteiger partial charge is 0.389 e. The van der Waals surface area contributed by atoms with Gasteiger partial charge in [0.05, 0.1) is 6.10 Å². The molecular formula is C23H32O. The lowest BCUT2D eigenvalue weighted by atomic mass is 9.79. The van der Waals surface area contributed by atoms with Gasteiger partial charge in [-0.2, -0.15) is 0 Å². The van der Waals surface area contributed by atoms with Crippen LogP contribution in [0.15, 0.2) is 30.3 Å². The Labute approximate surface area is 147 Å². The van der Waals surface area contributed by atoms with Crippen molar-refractivity contribution in [3.05, 3.63) is 58.1 Å². The van der Waals surface area contributed by atoms with E-state index in [4.69, 9.17) is 0 Å². The van der Waals surface area contributed by atoms with Gasteiger partial charge in [0, 0.05) is 0 Å². The average molecular weight is 325 g/mol. The van der Waals surface area contributed by atoms with Crippen LogP contribution >= 0.6 is 0 Å². The van der Waals surface area contributed by atoms with Gasteiger partial charge in [0.15, 0.2) is 0 Å². The van der Waals surface area contributed by atoms with Crippen molar-refractivity contribution in [2.75, 3.05) is 0 Å². The molecular weight excluding hydrogens is 292 g/mol. The first kappa shape index (κ1) is 18.7. The molecule has 0 aromatic heterocycles. The third kappa shape index (κ3) is 3.57. The van der Waals surface area contributed by atoms with E-state index in [0.29, 0.717) is 11.8 Å². The van der Waals surface area contributed by atoms with Crippen molar-refractivity contribution in [2.24, 2.45) is 0 Å². The van der Waals surface area contributed by atoms with E-state index in [1.165, 1.54) is 33.4 Å². The van der Waals surface area contributed by atoms with Crippen molar-refractivity contribution in [3.63, 3.8) is 0 Å². The second kappa shape index (κ2) is 7.53. The van der Waals surface area contributed by atoms with Gasteiger partial charge in [0.2, 0.25) is 0 Å². The first-order valence-electron chi connectivity index (χ1n) is 9.22. The van der Waals surface area contributed by atoms with E-state index in [1.807, 2.05) is 6.92 Å². The predicted molar refractivity (Wildman–Crippen MR) is 105 cm³/mol. The fourth-order valence-corrected chi connectivity index (χ4v) is 3.66. The molecule has 1 nitrogen and oxygen atoms in total. The summed E-state index contributed by atoms with van der Waals surface area (Å²) in [5.74, 6) is 0.868. The molecule has 24 heavy (non-hydrogen) atoms. The van der Waals surface area contributed by atoms with E-state index >= 15 is 0 Å². The van der Waals surface area contributed by atoms with E-state index in [1.54, 1.807) is 0 Å². The van der Waals surface area contributed by atoms with Crippen molar-refractivity contribution >= 4 is 0 Å². The van der Waals surface area contributed by atoms with Crippen LogP contribution in [0.5, 0.6) is 0 Å². The van der Waals surface area contributed by atoms with Gasteiger partial charge in [0.25, 0.3) is 0 Å². The third-order valence-electron chi connectivity index (χ3n) is 4.90. The van der Waals surface area contributed by atoms with Crippen molar-refractivity contribution < 1.29 is 5.11 Å². The van der Waals surface area contributed by atoms with Crippen LogP contribution in [-0.4, -0.2) is 5.11 Å². The highest BCUT2D eigenvalue weighted by molar-refractivity contribution is 5.75. The molecule has 2 rings (SSSR count). The quantitative estimate of drug-likeness (QED) is 0.663. The van der Waals surface area contributed by atoms with Crippen LogP contribution in [0, 0.1) is 6.92 Å². The molecule has 0 bridgehead atoms. The number of aryl methyl sites for hydroxylation is 1. The van der Waals surface area contributed by atoms with Crippen molar-refractivity contribution in [1.82, 2.24) is 0 Å². The zero-order valence-corrected chi connectivity index (χ0v) is 16.3. The smallest absolute Gasteiger partial charge is 0.0770 e. The maximum absolute atomic E-state index is 10.6. The zero-order valence-electron chi connectivity index (χ0n) is 16.3. The van der Waals surface area contributed by atoms with E-state index in [-0.39, 0.29) is 0 Å². The molecule has 0 fully saturated rings. The minimum atomic E-state index is -0.467. The highest BCUT2D eigenvalue weighted by Gasteiger charge is 2.23. The lowest BCUT2D eigenvalue weighted by Gasteiger charge is -2.27. The summed E-state index contributed by atoms with van der Waals surface area (Å²) in [5, 5.41) is 10.6. The summed E-state index contributed by atoms with van der Waals surface area (Å²) < 4.78 is 0. The molecule has 0 spiro atoms. The Morgan fingerprint density at radius 2 is 1.42 bits per heavy atom. The number of aliphatic hydroxyl groups is 1. The van der Waals surface area contributed by atoms with Crippen LogP contribution in [0.2, 0.25) is 0 Å². The number of benzene rings is 2. The Bertz CT molecular complexity index is 691. The molecule has 0 radical (unpaired) electrons. The SMILES string of the molecule is CCc1c(C(C)C)cc(C(C)C)c(C(C)O)c1-c1ccc(C)cc1. The molecule has 1 unspecified atom stereocenters. The molecule has 0 amide bonds. The van der Waals surface area contributed by atoms with E-state index in [9.17, 15) is 5.11 Å². The van der Waals surface area contributed by atoms with Gasteiger partial charge in [0.1, 0.15) is 0 Å². The van der Waals surface area contributed by atoms with E-state index in [0.717, 1.165) is 12.0 Å². The zero-order chi connectivity index (χ0) is 18.0. The molecule has 0 heterocycles. The molecule has 0 aliphatic heterocycles. The van der Waals surface area contributed by atoms with Gasteiger partial charge < -0.3 is 5.11 Å². The Hall–Kier alpha value is -1.60. The second-order valence-electron chi connectivity index (χ2n) is 7.53. The second-order valence-corrected chi connectivity index (χ2v) is 7.53. The van der Waals surface area contributed by atoms with Crippen molar-refractivity contribution in [2.45, 2.75) is 72.8 Å². The topological polar surface area (TPSA) is 20.2 Å². The van der Waals surface area contributed by atoms with E-state index in [2.05, 4.69) is 71.9 Å². The number of aliphatic hydroxyl groups excluding tert-OH is 1. The Balaban J connectivity index is 2.92. The maximum atomic E-state index is 10.6.